The number of nitro groups is 1. The Hall–Kier alpha value is -2.45. The standard InChI is InChI=1S/C17H17FN2O4S/c1-24-17(21)15(10-12-6-8-13(9-7-12)20(22)23)19-11-25-16-5-3-2-4-14(16)18/h2-9,15,19H,10-11H2,1H3/t15-/m0/s1. The molecule has 0 spiro atoms. The van der Waals surface area contributed by atoms with Crippen LogP contribution in [0.15, 0.2) is 53.4 Å². The van der Waals surface area contributed by atoms with Crippen LogP contribution in [0.2, 0.25) is 0 Å². The summed E-state index contributed by atoms with van der Waals surface area (Å²) in [6.45, 7) is 0. The summed E-state index contributed by atoms with van der Waals surface area (Å²) in [5.74, 6) is -0.458. The highest BCUT2D eigenvalue weighted by Gasteiger charge is 2.19. The fourth-order valence-corrected chi connectivity index (χ4v) is 2.97. The van der Waals surface area contributed by atoms with Crippen LogP contribution < -0.4 is 5.32 Å². The van der Waals surface area contributed by atoms with Crippen molar-refractivity contribution in [3.05, 3.63) is 70.0 Å². The van der Waals surface area contributed by atoms with Crippen LogP contribution in [-0.2, 0) is 16.0 Å². The van der Waals surface area contributed by atoms with Crippen LogP contribution in [0.1, 0.15) is 5.56 Å². The van der Waals surface area contributed by atoms with Crippen LogP contribution in [0.5, 0.6) is 0 Å². The lowest BCUT2D eigenvalue weighted by Crippen LogP contribution is -2.39. The van der Waals surface area contributed by atoms with Crippen molar-refractivity contribution in [3.8, 4) is 0 Å². The number of rotatable bonds is 8. The molecule has 1 N–H and O–H groups in total. The lowest BCUT2D eigenvalue weighted by Gasteiger charge is -2.16. The normalized spacial score (nSPS) is 11.8. The number of thioether (sulfide) groups is 1. The van der Waals surface area contributed by atoms with Gasteiger partial charge in [0.25, 0.3) is 5.69 Å². The van der Waals surface area contributed by atoms with Crippen molar-refractivity contribution >= 4 is 23.4 Å². The number of carbonyl (C=O) groups excluding carboxylic acids is 1. The molecule has 0 saturated carbocycles. The monoisotopic (exact) mass is 364 g/mol. The molecule has 0 unspecified atom stereocenters. The first-order chi connectivity index (χ1) is 12.0. The molecule has 0 radical (unpaired) electrons. The average Bonchev–Trinajstić information content (AvgIpc) is 2.62. The van der Waals surface area contributed by atoms with Crippen molar-refractivity contribution in [1.29, 1.82) is 0 Å². The second-order valence-electron chi connectivity index (χ2n) is 5.13. The third kappa shape index (κ3) is 5.54. The van der Waals surface area contributed by atoms with Gasteiger partial charge in [-0.25, -0.2) is 4.39 Å². The van der Waals surface area contributed by atoms with E-state index in [4.69, 9.17) is 4.74 Å². The summed E-state index contributed by atoms with van der Waals surface area (Å²) in [6.07, 6.45) is 0.308. The van der Waals surface area contributed by atoms with Crippen LogP contribution >= 0.6 is 11.8 Å². The van der Waals surface area contributed by atoms with Crippen LogP contribution in [0.4, 0.5) is 10.1 Å². The van der Waals surface area contributed by atoms with Gasteiger partial charge in [0, 0.05) is 22.9 Å². The van der Waals surface area contributed by atoms with Crippen molar-refractivity contribution < 1.29 is 18.8 Å². The molecule has 1 atom stereocenters. The molecule has 25 heavy (non-hydrogen) atoms. The molecule has 0 aromatic heterocycles. The van der Waals surface area contributed by atoms with Crippen molar-refractivity contribution in [2.45, 2.75) is 17.4 Å². The van der Waals surface area contributed by atoms with Gasteiger partial charge in [-0.1, -0.05) is 24.3 Å². The van der Waals surface area contributed by atoms with E-state index in [9.17, 15) is 19.3 Å². The molecule has 8 heteroatoms. The van der Waals surface area contributed by atoms with E-state index >= 15 is 0 Å². The third-order valence-electron chi connectivity index (χ3n) is 3.47. The summed E-state index contributed by atoms with van der Waals surface area (Å²) < 4.78 is 18.4. The zero-order valence-corrected chi connectivity index (χ0v) is 14.3. The van der Waals surface area contributed by atoms with Gasteiger partial charge in [0.15, 0.2) is 0 Å². The largest absolute Gasteiger partial charge is 0.468 e. The number of methoxy groups -OCH3 is 1. The van der Waals surface area contributed by atoms with Gasteiger partial charge >= 0.3 is 5.97 Å². The van der Waals surface area contributed by atoms with Crippen LogP contribution in [0.3, 0.4) is 0 Å². The Morgan fingerprint density at radius 1 is 1.28 bits per heavy atom. The lowest BCUT2D eigenvalue weighted by atomic mass is 10.1. The first-order valence-electron chi connectivity index (χ1n) is 7.43. The highest BCUT2D eigenvalue weighted by molar-refractivity contribution is 7.99. The van der Waals surface area contributed by atoms with Crippen molar-refractivity contribution in [2.75, 3.05) is 13.0 Å². The number of halogens is 1. The number of hydrogen-bond donors (Lipinski definition) is 1. The molecule has 0 aliphatic carbocycles. The van der Waals surface area contributed by atoms with Crippen LogP contribution in [-0.4, -0.2) is 29.9 Å². The molecule has 0 bridgehead atoms. The molecule has 0 aliphatic rings. The van der Waals surface area contributed by atoms with Gasteiger partial charge in [-0.2, -0.15) is 0 Å². The Balaban J connectivity index is 1.97. The average molecular weight is 364 g/mol. The highest BCUT2D eigenvalue weighted by Crippen LogP contribution is 2.20. The van der Waals surface area contributed by atoms with E-state index in [0.29, 0.717) is 17.2 Å². The molecule has 2 aromatic carbocycles. The summed E-state index contributed by atoms with van der Waals surface area (Å²) in [5.41, 5.74) is 0.742. The molecular weight excluding hydrogens is 347 g/mol. The Kier molecular flexibility index (Phi) is 6.91. The summed E-state index contributed by atoms with van der Waals surface area (Å²) in [7, 11) is 1.29. The molecule has 0 fully saturated rings. The molecular formula is C17H17FN2O4S. The van der Waals surface area contributed by atoms with E-state index in [0.717, 1.165) is 5.56 Å². The number of non-ortho nitro benzene ring substituents is 1. The molecule has 0 amide bonds. The summed E-state index contributed by atoms with van der Waals surface area (Å²) >= 11 is 1.24. The van der Waals surface area contributed by atoms with Crippen molar-refractivity contribution in [1.82, 2.24) is 5.32 Å². The van der Waals surface area contributed by atoms with Gasteiger partial charge < -0.3 is 4.74 Å². The minimum atomic E-state index is -0.634. The van der Waals surface area contributed by atoms with E-state index in [-0.39, 0.29) is 11.5 Å². The van der Waals surface area contributed by atoms with Crippen molar-refractivity contribution in [2.24, 2.45) is 0 Å². The van der Waals surface area contributed by atoms with E-state index in [1.54, 1.807) is 30.3 Å². The molecule has 0 heterocycles. The Bertz CT molecular complexity index is 740. The molecule has 0 saturated heterocycles. The number of nitrogens with one attached hydrogen (secondary N) is 1. The Morgan fingerprint density at radius 3 is 2.56 bits per heavy atom. The predicted octanol–water partition coefficient (Wildman–Crippen LogP) is 3.16. The van der Waals surface area contributed by atoms with Crippen molar-refractivity contribution in [3.63, 3.8) is 0 Å². The molecule has 132 valence electrons. The second-order valence-corrected chi connectivity index (χ2v) is 6.14. The number of nitrogens with zero attached hydrogens (tertiary/aromatic N) is 1. The summed E-state index contributed by atoms with van der Waals surface area (Å²) in [6, 6.07) is 11.7. The highest BCUT2D eigenvalue weighted by atomic mass is 32.2. The zero-order valence-electron chi connectivity index (χ0n) is 13.5. The predicted molar refractivity (Wildman–Crippen MR) is 92.9 cm³/mol. The molecule has 2 rings (SSSR count). The lowest BCUT2D eigenvalue weighted by molar-refractivity contribution is -0.384. The van der Waals surface area contributed by atoms with Gasteiger partial charge in [-0.05, 0) is 24.1 Å². The van der Waals surface area contributed by atoms with E-state index < -0.39 is 16.9 Å². The SMILES string of the molecule is COC(=O)[C@H](Cc1ccc([N+](=O)[O-])cc1)NCSc1ccccc1F. The number of esters is 1. The van der Waals surface area contributed by atoms with Gasteiger partial charge in [0.1, 0.15) is 11.9 Å². The first kappa shape index (κ1) is 18.9. The van der Waals surface area contributed by atoms with E-state index in [2.05, 4.69) is 5.32 Å². The fraction of sp³-hybridized carbons (Fsp3) is 0.235. The topological polar surface area (TPSA) is 81.5 Å². The number of benzene rings is 2. The molecule has 2 aromatic rings. The third-order valence-corrected chi connectivity index (χ3v) is 4.42. The minimum Gasteiger partial charge on any atom is -0.468 e. The van der Waals surface area contributed by atoms with E-state index in [1.165, 1.54) is 37.1 Å². The maximum atomic E-state index is 13.6. The zero-order chi connectivity index (χ0) is 18.2. The summed E-state index contributed by atoms with van der Waals surface area (Å²) in [5, 5.41) is 13.7. The van der Waals surface area contributed by atoms with Crippen LogP contribution in [0, 0.1) is 15.9 Å². The number of nitro benzene ring substituents is 1. The minimum absolute atomic E-state index is 0.0126. The maximum absolute atomic E-state index is 13.6. The molecule has 6 nitrogen and oxygen atoms in total. The van der Waals surface area contributed by atoms with Gasteiger partial charge in [-0.3, -0.25) is 20.2 Å². The quantitative estimate of drug-likeness (QED) is 0.255. The molecule has 0 aliphatic heterocycles. The Morgan fingerprint density at radius 2 is 1.96 bits per heavy atom. The van der Waals surface area contributed by atoms with Gasteiger partial charge in [0.2, 0.25) is 0 Å². The van der Waals surface area contributed by atoms with E-state index in [1.807, 2.05) is 0 Å². The van der Waals surface area contributed by atoms with Gasteiger partial charge in [0.05, 0.1) is 12.0 Å². The maximum Gasteiger partial charge on any atom is 0.323 e. The first-order valence-corrected chi connectivity index (χ1v) is 8.41. The smallest absolute Gasteiger partial charge is 0.323 e. The fourth-order valence-electron chi connectivity index (χ4n) is 2.15. The number of hydrogen-bond acceptors (Lipinski definition) is 6. The Labute approximate surface area is 148 Å². The van der Waals surface area contributed by atoms with Crippen LogP contribution in [0.25, 0.3) is 0 Å². The number of ether oxygens (including phenoxy) is 1. The number of carbonyl (C=O) groups is 1. The second kappa shape index (κ2) is 9.14. The van der Waals surface area contributed by atoms with Gasteiger partial charge in [-0.15, -0.1) is 11.8 Å². The summed E-state index contributed by atoms with van der Waals surface area (Å²) in [4.78, 5) is 22.6.